The first-order valence-electron chi connectivity index (χ1n) is 9.83. The van der Waals surface area contributed by atoms with Gasteiger partial charge in [0, 0.05) is 31.7 Å². The van der Waals surface area contributed by atoms with Crippen LogP contribution in [0.1, 0.15) is 44.7 Å². The van der Waals surface area contributed by atoms with E-state index < -0.39 is 11.7 Å². The molecule has 0 aliphatic carbocycles. The maximum atomic E-state index is 12.8. The van der Waals surface area contributed by atoms with Gasteiger partial charge in [0.15, 0.2) is 5.96 Å². The Hall–Kier alpha value is -1.47. The molecule has 2 atom stereocenters. The van der Waals surface area contributed by atoms with E-state index in [1.54, 1.807) is 13.1 Å². The third-order valence-electron chi connectivity index (χ3n) is 4.82. The molecule has 0 radical (unpaired) electrons. The van der Waals surface area contributed by atoms with Gasteiger partial charge in [0.25, 0.3) is 0 Å². The molecule has 2 unspecified atom stereocenters. The van der Waals surface area contributed by atoms with Crippen LogP contribution in [0, 0.1) is 23.2 Å². The van der Waals surface area contributed by atoms with Crippen LogP contribution in [0.2, 0.25) is 0 Å². The number of guanidine groups is 1. The van der Waals surface area contributed by atoms with Gasteiger partial charge in [-0.3, -0.25) is 4.99 Å². The van der Waals surface area contributed by atoms with Gasteiger partial charge in [0.2, 0.25) is 0 Å². The van der Waals surface area contributed by atoms with E-state index in [1.807, 2.05) is 0 Å². The second-order valence-electron chi connectivity index (χ2n) is 8.25. The molecule has 1 saturated heterocycles. The average molecular weight is 537 g/mol. The smallest absolute Gasteiger partial charge is 0.377 e. The van der Waals surface area contributed by atoms with E-state index in [0.29, 0.717) is 17.4 Å². The molecule has 0 spiro atoms. The predicted octanol–water partition coefficient (Wildman–Crippen LogP) is 4.68. The summed E-state index contributed by atoms with van der Waals surface area (Å²) in [5.74, 6) is 6.60. The lowest BCUT2D eigenvalue weighted by Crippen LogP contribution is -2.47. The number of hydrogen-bond donors (Lipinski definition) is 2. The van der Waals surface area contributed by atoms with E-state index in [-0.39, 0.29) is 42.0 Å². The predicted molar refractivity (Wildman–Crippen MR) is 125 cm³/mol. The minimum Gasteiger partial charge on any atom is -0.377 e. The quantitative estimate of drug-likeness (QED) is 0.255. The van der Waals surface area contributed by atoms with Crippen molar-refractivity contribution in [3.63, 3.8) is 0 Å². The number of halogens is 4. The largest absolute Gasteiger partial charge is 0.416 e. The molecule has 0 aromatic heterocycles. The third-order valence-corrected chi connectivity index (χ3v) is 4.82. The Kier molecular flexibility index (Phi) is 10.4. The van der Waals surface area contributed by atoms with Crippen molar-refractivity contribution in [3.05, 3.63) is 35.4 Å². The molecule has 1 fully saturated rings. The molecule has 168 valence electrons. The summed E-state index contributed by atoms with van der Waals surface area (Å²) >= 11 is 0. The molecule has 1 heterocycles. The SMILES string of the molecule is CN=C(NCC#Cc1cccc(C(F)(F)F)c1)NCC1CCCOC1C(C)(C)C.I. The second kappa shape index (κ2) is 11.8. The molecule has 0 amide bonds. The number of nitrogens with one attached hydrogen (secondary N) is 2. The molecule has 1 aromatic rings. The van der Waals surface area contributed by atoms with E-state index >= 15 is 0 Å². The lowest BCUT2D eigenvalue weighted by Gasteiger charge is -2.40. The van der Waals surface area contributed by atoms with E-state index in [2.05, 4.69) is 48.2 Å². The number of rotatable bonds is 3. The maximum absolute atomic E-state index is 12.8. The van der Waals surface area contributed by atoms with Gasteiger partial charge in [-0.2, -0.15) is 13.2 Å². The highest BCUT2D eigenvalue weighted by molar-refractivity contribution is 14.0. The summed E-state index contributed by atoms with van der Waals surface area (Å²) in [5.41, 5.74) is -0.296. The summed E-state index contributed by atoms with van der Waals surface area (Å²) in [4.78, 5) is 4.19. The van der Waals surface area contributed by atoms with Gasteiger partial charge < -0.3 is 15.4 Å². The normalized spacial score (nSPS) is 19.9. The molecule has 2 rings (SSSR count). The monoisotopic (exact) mass is 537 g/mol. The first-order chi connectivity index (χ1) is 13.6. The average Bonchev–Trinajstić information content (AvgIpc) is 2.66. The highest BCUT2D eigenvalue weighted by atomic mass is 127. The van der Waals surface area contributed by atoms with Crippen LogP contribution in [-0.4, -0.2) is 38.8 Å². The van der Waals surface area contributed by atoms with Gasteiger partial charge in [-0.05, 0) is 36.5 Å². The highest BCUT2D eigenvalue weighted by Crippen LogP contribution is 2.33. The standard InChI is InChI=1S/C22H30F3N3O.HI/c1-21(2,3)19-17(10-7-13-29-19)15-28-20(26-4)27-12-6-9-16-8-5-11-18(14-16)22(23,24)25;/h5,8,11,14,17,19H,7,10,12-13,15H2,1-4H3,(H2,26,27,28);1H. The fraction of sp³-hybridized carbons (Fsp3) is 0.591. The first-order valence-corrected chi connectivity index (χ1v) is 9.83. The Morgan fingerprint density at radius 2 is 1.97 bits per heavy atom. The van der Waals surface area contributed by atoms with Gasteiger partial charge in [-0.25, -0.2) is 0 Å². The van der Waals surface area contributed by atoms with Crippen LogP contribution in [0.25, 0.3) is 0 Å². The molecule has 4 nitrogen and oxygen atoms in total. The van der Waals surface area contributed by atoms with E-state index in [4.69, 9.17) is 4.74 Å². The molecular formula is C22H31F3IN3O. The van der Waals surface area contributed by atoms with Gasteiger partial charge in [-0.15, -0.1) is 24.0 Å². The van der Waals surface area contributed by atoms with Crippen LogP contribution in [-0.2, 0) is 10.9 Å². The summed E-state index contributed by atoms with van der Waals surface area (Å²) in [5, 5.41) is 6.39. The van der Waals surface area contributed by atoms with Crippen LogP contribution in [0.15, 0.2) is 29.3 Å². The van der Waals surface area contributed by atoms with Crippen LogP contribution < -0.4 is 10.6 Å². The Labute approximate surface area is 194 Å². The van der Waals surface area contributed by atoms with Crippen molar-refractivity contribution in [3.8, 4) is 11.8 Å². The molecule has 2 N–H and O–H groups in total. The zero-order valence-electron chi connectivity index (χ0n) is 17.9. The number of nitrogens with zero attached hydrogens (tertiary/aromatic N) is 1. The molecule has 8 heteroatoms. The zero-order valence-corrected chi connectivity index (χ0v) is 20.2. The third kappa shape index (κ3) is 8.34. The van der Waals surface area contributed by atoms with Crippen molar-refractivity contribution in [1.29, 1.82) is 0 Å². The van der Waals surface area contributed by atoms with Crippen molar-refractivity contribution < 1.29 is 17.9 Å². The fourth-order valence-corrected chi connectivity index (χ4v) is 3.51. The highest BCUT2D eigenvalue weighted by Gasteiger charge is 2.35. The molecule has 0 saturated carbocycles. The Morgan fingerprint density at radius 1 is 1.23 bits per heavy atom. The number of hydrogen-bond acceptors (Lipinski definition) is 2. The first kappa shape index (κ1) is 26.6. The van der Waals surface area contributed by atoms with Crippen molar-refractivity contribution in [2.75, 3.05) is 26.7 Å². The van der Waals surface area contributed by atoms with Crippen molar-refractivity contribution in [2.45, 2.75) is 45.9 Å². The summed E-state index contributed by atoms with van der Waals surface area (Å²) < 4.78 is 44.3. The lowest BCUT2D eigenvalue weighted by atomic mass is 9.78. The van der Waals surface area contributed by atoms with Crippen LogP contribution in [0.4, 0.5) is 13.2 Å². The van der Waals surface area contributed by atoms with Gasteiger partial charge in [0.05, 0.1) is 18.2 Å². The van der Waals surface area contributed by atoms with Crippen molar-refractivity contribution in [1.82, 2.24) is 10.6 Å². The summed E-state index contributed by atoms with van der Waals surface area (Å²) in [6, 6.07) is 5.01. The minimum atomic E-state index is -4.37. The molecule has 0 bridgehead atoms. The summed E-state index contributed by atoms with van der Waals surface area (Å²) in [6.07, 6.45) is -2.03. The van der Waals surface area contributed by atoms with Gasteiger partial charge in [-0.1, -0.05) is 38.7 Å². The van der Waals surface area contributed by atoms with Crippen molar-refractivity contribution in [2.24, 2.45) is 16.3 Å². The summed E-state index contributed by atoms with van der Waals surface area (Å²) in [7, 11) is 1.67. The van der Waals surface area contributed by atoms with E-state index in [0.717, 1.165) is 38.1 Å². The van der Waals surface area contributed by atoms with Crippen molar-refractivity contribution >= 4 is 29.9 Å². The Bertz CT molecular complexity index is 763. The van der Waals surface area contributed by atoms with Gasteiger partial charge >= 0.3 is 6.18 Å². The zero-order chi connectivity index (χ0) is 21.5. The maximum Gasteiger partial charge on any atom is 0.416 e. The molecule has 1 aromatic carbocycles. The topological polar surface area (TPSA) is 45.7 Å². The molecular weight excluding hydrogens is 506 g/mol. The molecule has 1 aliphatic heterocycles. The molecule has 1 aliphatic rings. The van der Waals surface area contributed by atoms with Gasteiger partial charge in [0.1, 0.15) is 0 Å². The van der Waals surface area contributed by atoms with Crippen LogP contribution in [0.5, 0.6) is 0 Å². The Balaban J connectivity index is 0.00000450. The van der Waals surface area contributed by atoms with E-state index in [1.165, 1.54) is 6.07 Å². The minimum absolute atomic E-state index is 0. The number of ether oxygens (including phenoxy) is 1. The second-order valence-corrected chi connectivity index (χ2v) is 8.25. The van der Waals surface area contributed by atoms with E-state index in [9.17, 15) is 13.2 Å². The number of aliphatic imine (C=N–C) groups is 1. The number of benzene rings is 1. The lowest BCUT2D eigenvalue weighted by molar-refractivity contribution is -0.137. The Morgan fingerprint density at radius 3 is 2.60 bits per heavy atom. The summed E-state index contributed by atoms with van der Waals surface area (Å²) in [6.45, 7) is 8.38. The van der Waals surface area contributed by atoms with Crippen LogP contribution >= 0.6 is 24.0 Å². The fourth-order valence-electron chi connectivity index (χ4n) is 3.51. The van der Waals surface area contributed by atoms with Crippen LogP contribution in [0.3, 0.4) is 0 Å². The number of alkyl halides is 3. The molecule has 30 heavy (non-hydrogen) atoms.